The summed E-state index contributed by atoms with van der Waals surface area (Å²) in [5, 5.41) is 12.7. The lowest BCUT2D eigenvalue weighted by atomic mass is 9.47. The van der Waals surface area contributed by atoms with Gasteiger partial charge in [-0.3, -0.25) is 9.97 Å². The van der Waals surface area contributed by atoms with E-state index in [4.69, 9.17) is 0 Å². The van der Waals surface area contributed by atoms with Crippen molar-refractivity contribution in [1.82, 2.24) is 9.97 Å². The van der Waals surface area contributed by atoms with Crippen molar-refractivity contribution in [1.29, 1.82) is 0 Å². The lowest BCUT2D eigenvalue weighted by molar-refractivity contribution is -0.0191. The van der Waals surface area contributed by atoms with Crippen molar-refractivity contribution in [2.45, 2.75) is 58.8 Å². The first-order valence-electron chi connectivity index (χ1n) is 10.5. The van der Waals surface area contributed by atoms with Crippen LogP contribution in [-0.2, 0) is 0 Å². The first-order chi connectivity index (χ1) is 13.1. The van der Waals surface area contributed by atoms with Crippen molar-refractivity contribution < 1.29 is 5.21 Å². The second kappa shape index (κ2) is 6.02. The minimum atomic E-state index is 0.237. The van der Waals surface area contributed by atoms with E-state index < -0.39 is 0 Å². The average Bonchev–Trinajstić information content (AvgIpc) is 3.05. The van der Waals surface area contributed by atoms with Gasteiger partial charge in [-0.25, -0.2) is 0 Å². The van der Waals surface area contributed by atoms with E-state index >= 15 is 0 Å². The van der Waals surface area contributed by atoms with Gasteiger partial charge in [0.25, 0.3) is 0 Å². The molecule has 27 heavy (non-hydrogen) atoms. The quantitative estimate of drug-likeness (QED) is 0.547. The van der Waals surface area contributed by atoms with Crippen molar-refractivity contribution in [2.75, 3.05) is 0 Å². The van der Waals surface area contributed by atoms with Crippen molar-refractivity contribution >= 4 is 11.3 Å². The largest absolute Gasteiger partial charge is 0.411 e. The molecular weight excluding hydrogens is 334 g/mol. The molecule has 0 unspecified atom stereocenters. The van der Waals surface area contributed by atoms with Crippen LogP contribution < -0.4 is 0 Å². The Kier molecular flexibility index (Phi) is 3.82. The van der Waals surface area contributed by atoms with Gasteiger partial charge in [0.1, 0.15) is 0 Å². The van der Waals surface area contributed by atoms with E-state index in [1.165, 1.54) is 36.8 Å². The number of allylic oxidation sites excluding steroid dienone is 4. The Morgan fingerprint density at radius 2 is 1.96 bits per heavy atom. The lowest BCUT2D eigenvalue weighted by Gasteiger charge is -2.58. The van der Waals surface area contributed by atoms with Crippen LogP contribution in [0.15, 0.2) is 41.5 Å². The van der Waals surface area contributed by atoms with Gasteiger partial charge in [-0.2, -0.15) is 0 Å². The highest BCUT2D eigenvalue weighted by molar-refractivity contribution is 5.96. The van der Waals surface area contributed by atoms with Gasteiger partial charge >= 0.3 is 0 Å². The molecule has 1 N–H and O–H groups in total. The number of hydrogen-bond donors (Lipinski definition) is 1. The summed E-state index contributed by atoms with van der Waals surface area (Å²) in [6.07, 6.45) is 18.4. The SMILES string of the molecule is C[C@]12CC/C(=N\O)C=C1CC[C@@H]1[C@@H]2CC[C@]2(C)C(c3cnccn3)=CC[C@@H]12. The number of fused-ring (bicyclic) bond motifs is 5. The zero-order valence-corrected chi connectivity index (χ0v) is 16.4. The number of aromatic nitrogens is 2. The van der Waals surface area contributed by atoms with Crippen LogP contribution in [0.25, 0.3) is 5.57 Å². The maximum Gasteiger partial charge on any atom is 0.0847 e. The van der Waals surface area contributed by atoms with Crippen molar-refractivity contribution in [2.24, 2.45) is 33.7 Å². The smallest absolute Gasteiger partial charge is 0.0847 e. The van der Waals surface area contributed by atoms with E-state index in [2.05, 4.69) is 41.1 Å². The standard InChI is InChI=1S/C23H29N3O/c1-22-9-7-16(26-27)13-15(22)3-4-17-18-5-6-20(21-14-24-11-12-25-21)23(18,2)10-8-19(17)22/h6,11-14,17-19,27H,3-5,7-10H2,1-2H3/b26-16+/t17-,18-,19-,22-,23-/m0/s1. The van der Waals surface area contributed by atoms with E-state index in [9.17, 15) is 5.21 Å². The number of rotatable bonds is 1. The molecule has 0 aliphatic heterocycles. The Morgan fingerprint density at radius 3 is 2.74 bits per heavy atom. The third-order valence-electron chi connectivity index (χ3n) is 8.53. The maximum absolute atomic E-state index is 9.22. The van der Waals surface area contributed by atoms with E-state index in [0.29, 0.717) is 0 Å². The summed E-state index contributed by atoms with van der Waals surface area (Å²) < 4.78 is 0. The van der Waals surface area contributed by atoms with Gasteiger partial charge in [0.15, 0.2) is 0 Å². The van der Waals surface area contributed by atoms with Crippen LogP contribution in [-0.4, -0.2) is 20.9 Å². The fourth-order valence-electron chi connectivity index (χ4n) is 7.05. The second-order valence-corrected chi connectivity index (χ2v) is 9.49. The maximum atomic E-state index is 9.22. The number of oxime groups is 1. The molecule has 0 bridgehead atoms. The van der Waals surface area contributed by atoms with Crippen LogP contribution in [0.2, 0.25) is 0 Å². The molecule has 0 amide bonds. The minimum Gasteiger partial charge on any atom is -0.411 e. The van der Waals surface area contributed by atoms with Crippen LogP contribution in [0.5, 0.6) is 0 Å². The molecule has 1 aromatic rings. The summed E-state index contributed by atoms with van der Waals surface area (Å²) >= 11 is 0. The number of hydrogen-bond acceptors (Lipinski definition) is 4. The zero-order chi connectivity index (χ0) is 18.6. The molecule has 4 nitrogen and oxygen atoms in total. The highest BCUT2D eigenvalue weighted by atomic mass is 16.4. The van der Waals surface area contributed by atoms with E-state index in [1.807, 2.05) is 12.4 Å². The molecule has 5 atom stereocenters. The molecule has 5 rings (SSSR count). The third kappa shape index (κ3) is 2.38. The molecule has 0 spiro atoms. The van der Waals surface area contributed by atoms with Crippen LogP contribution in [0.1, 0.15) is 64.5 Å². The second-order valence-electron chi connectivity index (χ2n) is 9.49. The highest BCUT2D eigenvalue weighted by Gasteiger charge is 2.57. The summed E-state index contributed by atoms with van der Waals surface area (Å²) in [4.78, 5) is 8.94. The van der Waals surface area contributed by atoms with Crippen LogP contribution >= 0.6 is 0 Å². The molecule has 0 radical (unpaired) electrons. The predicted molar refractivity (Wildman–Crippen MR) is 106 cm³/mol. The van der Waals surface area contributed by atoms with Gasteiger partial charge in [-0.05, 0) is 85.2 Å². The number of nitrogens with zero attached hydrogens (tertiary/aromatic N) is 3. The molecule has 4 aliphatic carbocycles. The van der Waals surface area contributed by atoms with E-state index in [-0.39, 0.29) is 10.8 Å². The fraction of sp³-hybridized carbons (Fsp3) is 0.609. The highest BCUT2D eigenvalue weighted by Crippen LogP contribution is 2.66. The van der Waals surface area contributed by atoms with Gasteiger partial charge in [0.05, 0.1) is 17.6 Å². The molecule has 142 valence electrons. The first-order valence-corrected chi connectivity index (χ1v) is 10.5. The summed E-state index contributed by atoms with van der Waals surface area (Å²) in [5.74, 6) is 2.26. The molecule has 2 saturated carbocycles. The third-order valence-corrected chi connectivity index (χ3v) is 8.53. The van der Waals surface area contributed by atoms with Crippen molar-refractivity contribution in [3.05, 3.63) is 42.0 Å². The Balaban J connectivity index is 1.47. The van der Waals surface area contributed by atoms with Crippen LogP contribution in [0, 0.1) is 28.6 Å². The Bertz CT molecular complexity index is 842. The average molecular weight is 364 g/mol. The summed E-state index contributed by atoms with van der Waals surface area (Å²) in [6.45, 7) is 4.96. The van der Waals surface area contributed by atoms with E-state index in [0.717, 1.165) is 48.4 Å². The van der Waals surface area contributed by atoms with Gasteiger partial charge in [0.2, 0.25) is 0 Å². The molecular formula is C23H29N3O. The molecule has 2 fully saturated rings. The Hall–Kier alpha value is -1.97. The minimum absolute atomic E-state index is 0.237. The molecule has 0 aromatic carbocycles. The molecule has 1 heterocycles. The summed E-state index contributed by atoms with van der Waals surface area (Å²) in [5.41, 5.74) is 5.43. The monoisotopic (exact) mass is 363 g/mol. The van der Waals surface area contributed by atoms with Crippen molar-refractivity contribution in [3.63, 3.8) is 0 Å². The Morgan fingerprint density at radius 1 is 1.07 bits per heavy atom. The first kappa shape index (κ1) is 17.2. The summed E-state index contributed by atoms with van der Waals surface area (Å²) in [6, 6.07) is 0. The van der Waals surface area contributed by atoms with Crippen molar-refractivity contribution in [3.8, 4) is 0 Å². The van der Waals surface area contributed by atoms with Crippen LogP contribution in [0.4, 0.5) is 0 Å². The van der Waals surface area contributed by atoms with Crippen LogP contribution in [0.3, 0.4) is 0 Å². The summed E-state index contributed by atoms with van der Waals surface area (Å²) in [7, 11) is 0. The molecule has 1 aromatic heterocycles. The topological polar surface area (TPSA) is 58.4 Å². The molecule has 0 saturated heterocycles. The predicted octanol–water partition coefficient (Wildman–Crippen LogP) is 5.26. The van der Waals surface area contributed by atoms with Gasteiger partial charge in [0, 0.05) is 12.4 Å². The van der Waals surface area contributed by atoms with E-state index in [1.54, 1.807) is 6.20 Å². The normalized spacial score (nSPS) is 42.0. The van der Waals surface area contributed by atoms with Gasteiger partial charge in [-0.15, -0.1) is 0 Å². The zero-order valence-electron chi connectivity index (χ0n) is 16.4. The van der Waals surface area contributed by atoms with Gasteiger partial charge < -0.3 is 5.21 Å². The fourth-order valence-corrected chi connectivity index (χ4v) is 7.05. The molecule has 4 heteroatoms. The lowest BCUT2D eigenvalue weighted by Crippen LogP contribution is -2.49. The Labute approximate surface area is 161 Å². The molecule has 4 aliphatic rings. The van der Waals surface area contributed by atoms with Gasteiger partial charge in [-0.1, -0.05) is 30.7 Å².